The maximum absolute atomic E-state index is 12.4. The van der Waals surface area contributed by atoms with E-state index in [1.807, 2.05) is 17.7 Å². The molecule has 0 unspecified atom stereocenters. The van der Waals surface area contributed by atoms with Crippen LogP contribution in [0.3, 0.4) is 0 Å². The zero-order valence-corrected chi connectivity index (χ0v) is 15.4. The first-order valence-corrected chi connectivity index (χ1v) is 8.78. The summed E-state index contributed by atoms with van der Waals surface area (Å²) >= 11 is 0. The van der Waals surface area contributed by atoms with E-state index < -0.39 is 0 Å². The Bertz CT molecular complexity index is 766. The Morgan fingerprint density at radius 2 is 2.15 bits per heavy atom. The first-order chi connectivity index (χ1) is 12.5. The first kappa shape index (κ1) is 18.0. The van der Waals surface area contributed by atoms with Crippen LogP contribution >= 0.6 is 0 Å². The van der Waals surface area contributed by atoms with E-state index in [-0.39, 0.29) is 18.0 Å². The molecule has 1 aliphatic heterocycles. The lowest BCUT2D eigenvalue weighted by Crippen LogP contribution is -2.43. The van der Waals surface area contributed by atoms with Gasteiger partial charge < -0.3 is 15.1 Å². The summed E-state index contributed by atoms with van der Waals surface area (Å²) < 4.78 is 3.57. The van der Waals surface area contributed by atoms with Crippen LogP contribution in [0.1, 0.15) is 30.8 Å². The molecule has 0 fully saturated rings. The molecule has 1 N–H and O–H groups in total. The Kier molecular flexibility index (Phi) is 5.24. The zero-order valence-electron chi connectivity index (χ0n) is 15.4. The topological polar surface area (TPSA) is 88.3 Å². The van der Waals surface area contributed by atoms with Gasteiger partial charge in [0.2, 0.25) is 5.91 Å². The first-order valence-electron chi connectivity index (χ1n) is 8.78. The Morgan fingerprint density at radius 3 is 2.81 bits per heavy atom. The van der Waals surface area contributed by atoms with Crippen LogP contribution in [0, 0.1) is 0 Å². The van der Waals surface area contributed by atoms with Crippen molar-refractivity contribution < 1.29 is 9.59 Å². The molecule has 0 aliphatic carbocycles. The highest BCUT2D eigenvalue weighted by Gasteiger charge is 2.24. The van der Waals surface area contributed by atoms with Crippen LogP contribution in [0.15, 0.2) is 24.5 Å². The van der Waals surface area contributed by atoms with E-state index in [0.29, 0.717) is 32.6 Å². The molecule has 0 radical (unpaired) electrons. The molecule has 3 amide bonds. The quantitative estimate of drug-likeness (QED) is 0.857. The highest BCUT2D eigenvalue weighted by molar-refractivity contribution is 5.80. The molecule has 2 aromatic rings. The lowest BCUT2D eigenvalue weighted by molar-refractivity contribution is -0.124. The largest absolute Gasteiger partial charge is 0.349 e. The normalized spacial score (nSPS) is 14.7. The minimum absolute atomic E-state index is 0.00249. The van der Waals surface area contributed by atoms with Crippen LogP contribution < -0.4 is 5.32 Å². The van der Waals surface area contributed by atoms with Gasteiger partial charge in [0.25, 0.3) is 0 Å². The predicted molar refractivity (Wildman–Crippen MR) is 95.1 cm³/mol. The van der Waals surface area contributed by atoms with Gasteiger partial charge in [-0.3, -0.25) is 14.2 Å². The average molecular weight is 359 g/mol. The van der Waals surface area contributed by atoms with Gasteiger partial charge in [0, 0.05) is 33.0 Å². The van der Waals surface area contributed by atoms with Gasteiger partial charge >= 0.3 is 6.03 Å². The Labute approximate surface area is 152 Å². The number of hydrogen-bond donors (Lipinski definition) is 1. The van der Waals surface area contributed by atoms with E-state index in [4.69, 9.17) is 0 Å². The Balaban J connectivity index is 1.60. The molecule has 3 heterocycles. The summed E-state index contributed by atoms with van der Waals surface area (Å²) in [4.78, 5) is 27.9. The highest BCUT2D eigenvalue weighted by Crippen LogP contribution is 2.15. The molecule has 26 heavy (non-hydrogen) atoms. The number of carbonyl (C=O) groups excluding carboxylic acids is 2. The van der Waals surface area contributed by atoms with Crippen LogP contribution in [-0.4, -0.2) is 61.9 Å². The third-order valence-corrected chi connectivity index (χ3v) is 4.48. The molecule has 1 aliphatic rings. The van der Waals surface area contributed by atoms with Gasteiger partial charge in [-0.15, -0.1) is 0 Å². The lowest BCUT2D eigenvalue weighted by Gasteiger charge is -2.29. The molecule has 0 bridgehead atoms. The number of rotatable bonds is 5. The summed E-state index contributed by atoms with van der Waals surface area (Å²) in [6, 6.07) is 3.43. The van der Waals surface area contributed by atoms with Crippen molar-refractivity contribution in [3.05, 3.63) is 35.9 Å². The van der Waals surface area contributed by atoms with Crippen molar-refractivity contribution in [3.63, 3.8) is 0 Å². The molecule has 0 aromatic carbocycles. The maximum Gasteiger partial charge on any atom is 0.319 e. The van der Waals surface area contributed by atoms with Gasteiger partial charge in [0.05, 0.1) is 31.0 Å². The summed E-state index contributed by atoms with van der Waals surface area (Å²) in [5.41, 5.74) is 1.78. The second-order valence-corrected chi connectivity index (χ2v) is 6.58. The van der Waals surface area contributed by atoms with Crippen molar-refractivity contribution in [1.82, 2.24) is 34.7 Å². The number of carbonyl (C=O) groups is 2. The maximum atomic E-state index is 12.4. The summed E-state index contributed by atoms with van der Waals surface area (Å²) in [6.45, 7) is 4.14. The molecule has 9 nitrogen and oxygen atoms in total. The van der Waals surface area contributed by atoms with Crippen LogP contribution in [0.2, 0.25) is 0 Å². The molecular formula is C17H25N7O2. The van der Waals surface area contributed by atoms with Crippen LogP contribution in [0.25, 0.3) is 0 Å². The fourth-order valence-electron chi connectivity index (χ4n) is 3.11. The molecule has 9 heteroatoms. The zero-order chi connectivity index (χ0) is 18.7. The minimum atomic E-state index is -0.324. The average Bonchev–Trinajstić information content (AvgIpc) is 3.28. The van der Waals surface area contributed by atoms with E-state index >= 15 is 0 Å². The molecule has 140 valence electrons. The summed E-state index contributed by atoms with van der Waals surface area (Å²) in [5, 5.41) is 11.6. The fraction of sp³-hybridized carbons (Fsp3) is 0.529. The summed E-state index contributed by atoms with van der Waals surface area (Å²) in [7, 11) is 3.50. The molecule has 0 spiro atoms. The van der Waals surface area contributed by atoms with E-state index in [1.54, 1.807) is 47.0 Å². The smallest absolute Gasteiger partial charge is 0.319 e. The number of fused-ring (bicyclic) bond motifs is 1. The number of aromatic nitrogens is 4. The van der Waals surface area contributed by atoms with Crippen molar-refractivity contribution in [1.29, 1.82) is 0 Å². The van der Waals surface area contributed by atoms with E-state index in [2.05, 4.69) is 15.5 Å². The van der Waals surface area contributed by atoms with Gasteiger partial charge in [-0.2, -0.15) is 10.2 Å². The van der Waals surface area contributed by atoms with E-state index in [0.717, 1.165) is 11.4 Å². The summed E-state index contributed by atoms with van der Waals surface area (Å²) in [6.07, 6.45) is 4.12. The standard InChI is InChI=1S/C17H25N7O2/c1-4-15(24-7-5-6-19-24)16(25)18-11-13-10-14-12-22(17(26)21(2)3)8-9-23(14)20-13/h5-7,10,15H,4,8-9,11-12H2,1-3H3,(H,18,25)/t15-/m1/s1. The Hall–Kier alpha value is -2.84. The van der Waals surface area contributed by atoms with Crippen molar-refractivity contribution in [2.75, 3.05) is 20.6 Å². The van der Waals surface area contributed by atoms with E-state index in [9.17, 15) is 9.59 Å². The van der Waals surface area contributed by atoms with Crippen molar-refractivity contribution in [2.45, 2.75) is 39.0 Å². The minimum Gasteiger partial charge on any atom is -0.349 e. The SMILES string of the molecule is CC[C@H](C(=O)NCc1cc2n(n1)CCN(C(=O)N(C)C)C2)n1cccn1. The van der Waals surface area contributed by atoms with Gasteiger partial charge in [-0.25, -0.2) is 4.79 Å². The van der Waals surface area contributed by atoms with E-state index in [1.165, 1.54) is 0 Å². The van der Waals surface area contributed by atoms with Gasteiger partial charge in [0.1, 0.15) is 6.04 Å². The second-order valence-electron chi connectivity index (χ2n) is 6.58. The van der Waals surface area contributed by atoms with Crippen LogP contribution in [-0.2, 0) is 24.4 Å². The second kappa shape index (κ2) is 7.59. The number of urea groups is 1. The number of hydrogen-bond acceptors (Lipinski definition) is 4. The third-order valence-electron chi connectivity index (χ3n) is 4.48. The van der Waals surface area contributed by atoms with Crippen LogP contribution in [0.5, 0.6) is 0 Å². The molecule has 3 rings (SSSR count). The monoisotopic (exact) mass is 359 g/mol. The van der Waals surface area contributed by atoms with Gasteiger partial charge in [-0.05, 0) is 18.6 Å². The number of nitrogens with zero attached hydrogens (tertiary/aromatic N) is 6. The fourth-order valence-corrected chi connectivity index (χ4v) is 3.11. The Morgan fingerprint density at radius 1 is 1.35 bits per heavy atom. The van der Waals surface area contributed by atoms with Gasteiger partial charge in [-0.1, -0.05) is 6.92 Å². The molecule has 0 saturated carbocycles. The lowest BCUT2D eigenvalue weighted by atomic mass is 10.2. The van der Waals surface area contributed by atoms with Crippen molar-refractivity contribution >= 4 is 11.9 Å². The van der Waals surface area contributed by atoms with Crippen molar-refractivity contribution in [2.24, 2.45) is 0 Å². The van der Waals surface area contributed by atoms with Crippen LogP contribution in [0.4, 0.5) is 4.79 Å². The highest BCUT2D eigenvalue weighted by atomic mass is 16.2. The molecule has 2 aromatic heterocycles. The van der Waals surface area contributed by atoms with Crippen molar-refractivity contribution in [3.8, 4) is 0 Å². The molecular weight excluding hydrogens is 334 g/mol. The summed E-state index contributed by atoms with van der Waals surface area (Å²) in [5.74, 6) is -0.0772. The third kappa shape index (κ3) is 3.71. The number of nitrogens with one attached hydrogen (secondary N) is 1. The molecule has 0 saturated heterocycles. The number of amides is 3. The van der Waals surface area contributed by atoms with Gasteiger partial charge in [0.15, 0.2) is 0 Å². The molecule has 1 atom stereocenters. The predicted octanol–water partition coefficient (Wildman–Crippen LogP) is 0.844.